The number of anilines is 2. The van der Waals surface area contributed by atoms with Crippen LogP contribution in [0, 0.1) is 11.6 Å². The third-order valence-electron chi connectivity index (χ3n) is 7.19. The lowest BCUT2D eigenvalue weighted by Crippen LogP contribution is -2.43. The topological polar surface area (TPSA) is 93.2 Å². The SMILES string of the molecule is CNC1COC1.COc1ncc(Cl)cc1SNc1ccc(F)c(-c2ccc3nc(NC4CCCCC4)ncc3c2)c1F. The minimum absolute atomic E-state index is 0.113. The molecule has 0 radical (unpaired) electrons. The Morgan fingerprint density at radius 2 is 1.81 bits per heavy atom. The van der Waals surface area contributed by atoms with Crippen LogP contribution in [0.15, 0.2) is 53.7 Å². The van der Waals surface area contributed by atoms with Crippen molar-refractivity contribution < 1.29 is 18.3 Å². The van der Waals surface area contributed by atoms with Crippen molar-refractivity contribution in [2.45, 2.75) is 49.1 Å². The smallest absolute Gasteiger partial charge is 0.228 e. The predicted octanol–water partition coefficient (Wildman–Crippen LogP) is 7.10. The lowest BCUT2D eigenvalue weighted by Gasteiger charge is -2.24. The second kappa shape index (κ2) is 14.3. The molecule has 0 unspecified atom stereocenters. The number of fused-ring (bicyclic) bond motifs is 1. The molecule has 222 valence electrons. The number of nitrogens with zero attached hydrogens (tertiary/aromatic N) is 3. The second-order valence-electron chi connectivity index (χ2n) is 10.1. The lowest BCUT2D eigenvalue weighted by molar-refractivity contribution is -0.00169. The van der Waals surface area contributed by atoms with Gasteiger partial charge in [0.05, 0.1) is 53.1 Å². The lowest BCUT2D eigenvalue weighted by atomic mass is 9.96. The summed E-state index contributed by atoms with van der Waals surface area (Å²) in [6, 6.07) is 10.4. The van der Waals surface area contributed by atoms with E-state index < -0.39 is 11.6 Å². The third kappa shape index (κ3) is 7.38. The highest BCUT2D eigenvalue weighted by Gasteiger charge is 2.19. The summed E-state index contributed by atoms with van der Waals surface area (Å²) in [6.45, 7) is 1.80. The van der Waals surface area contributed by atoms with Gasteiger partial charge in [0.1, 0.15) is 5.82 Å². The first kappa shape index (κ1) is 30.2. The molecule has 4 aromatic rings. The number of likely N-dealkylation sites (N-methyl/N-ethyl adjacent to an activating group) is 1. The fourth-order valence-electron chi connectivity index (χ4n) is 4.73. The average molecular weight is 615 g/mol. The molecule has 0 spiro atoms. The Bertz CT molecular complexity index is 1520. The maximum Gasteiger partial charge on any atom is 0.228 e. The first-order valence-corrected chi connectivity index (χ1v) is 15.0. The molecule has 3 N–H and O–H groups in total. The van der Waals surface area contributed by atoms with E-state index in [2.05, 4.69) is 30.3 Å². The van der Waals surface area contributed by atoms with Crippen molar-refractivity contribution in [1.82, 2.24) is 20.3 Å². The molecule has 42 heavy (non-hydrogen) atoms. The quantitative estimate of drug-likeness (QED) is 0.180. The minimum atomic E-state index is -0.715. The Balaban J connectivity index is 0.000000524. The van der Waals surface area contributed by atoms with E-state index in [0.717, 1.165) is 38.0 Å². The molecule has 0 atom stereocenters. The molecule has 8 nitrogen and oxygen atoms in total. The first-order valence-electron chi connectivity index (χ1n) is 13.8. The van der Waals surface area contributed by atoms with Gasteiger partial charge in [0.25, 0.3) is 0 Å². The molecule has 0 amide bonds. The van der Waals surface area contributed by atoms with E-state index >= 15 is 4.39 Å². The standard InChI is InChI=1S/C26H24ClF2N5OS.C4H9NO/c1-35-25-22(12-17(27)14-30-25)36-34-21-10-8-19(28)23(24(21)29)15-7-9-20-16(11-15)13-31-26(33-20)32-18-5-3-2-4-6-18;1-5-4-2-6-3-4/h7-14,18,34H,2-6H2,1H3,(H,31,32,33);4-5H,2-3H2,1H3. The Hall–Kier alpha value is -3.25. The molecule has 1 aliphatic carbocycles. The normalized spacial score (nSPS) is 15.5. The number of ether oxygens (including phenoxy) is 2. The van der Waals surface area contributed by atoms with Crippen LogP contribution in [0.1, 0.15) is 32.1 Å². The molecule has 3 heterocycles. The fraction of sp³-hybridized carbons (Fsp3) is 0.367. The van der Waals surface area contributed by atoms with Crippen LogP contribution >= 0.6 is 23.5 Å². The number of aromatic nitrogens is 3. The van der Waals surface area contributed by atoms with Crippen LogP contribution in [0.3, 0.4) is 0 Å². The largest absolute Gasteiger partial charge is 0.480 e. The van der Waals surface area contributed by atoms with Gasteiger partial charge in [-0.2, -0.15) is 0 Å². The van der Waals surface area contributed by atoms with E-state index in [1.807, 2.05) is 7.05 Å². The number of methoxy groups -OCH3 is 1. The minimum Gasteiger partial charge on any atom is -0.480 e. The molecule has 2 aromatic carbocycles. The summed E-state index contributed by atoms with van der Waals surface area (Å²) in [4.78, 5) is 13.7. The summed E-state index contributed by atoms with van der Waals surface area (Å²) < 4.78 is 43.3. The molecule has 12 heteroatoms. The van der Waals surface area contributed by atoms with Crippen molar-refractivity contribution in [3.63, 3.8) is 0 Å². The van der Waals surface area contributed by atoms with Crippen LogP contribution in [0.5, 0.6) is 5.88 Å². The van der Waals surface area contributed by atoms with E-state index in [4.69, 9.17) is 21.1 Å². The fourth-order valence-corrected chi connectivity index (χ4v) is 5.74. The zero-order chi connectivity index (χ0) is 29.5. The van der Waals surface area contributed by atoms with Gasteiger partial charge in [-0.05, 0) is 67.7 Å². The van der Waals surface area contributed by atoms with Crippen molar-refractivity contribution in [3.8, 4) is 17.0 Å². The van der Waals surface area contributed by atoms with Gasteiger partial charge in [-0.15, -0.1) is 0 Å². The number of rotatable bonds is 8. The highest BCUT2D eigenvalue weighted by molar-refractivity contribution is 8.00. The molecule has 1 saturated heterocycles. The van der Waals surface area contributed by atoms with Gasteiger partial charge in [-0.25, -0.2) is 23.7 Å². The van der Waals surface area contributed by atoms with E-state index in [-0.39, 0.29) is 11.3 Å². The van der Waals surface area contributed by atoms with Crippen LogP contribution in [0.4, 0.5) is 20.4 Å². The van der Waals surface area contributed by atoms with Crippen LogP contribution in [-0.2, 0) is 4.74 Å². The predicted molar refractivity (Wildman–Crippen MR) is 164 cm³/mol. The van der Waals surface area contributed by atoms with E-state index in [1.54, 1.807) is 30.5 Å². The monoisotopic (exact) mass is 614 g/mol. The highest BCUT2D eigenvalue weighted by atomic mass is 35.5. The number of hydrogen-bond donors (Lipinski definition) is 3. The van der Waals surface area contributed by atoms with Crippen LogP contribution in [0.2, 0.25) is 5.02 Å². The molecule has 1 aliphatic heterocycles. The molecular weight excluding hydrogens is 582 g/mol. The molecule has 2 aromatic heterocycles. The summed E-state index contributed by atoms with van der Waals surface area (Å²) in [5.74, 6) is -0.464. The summed E-state index contributed by atoms with van der Waals surface area (Å²) in [5, 5.41) is 7.60. The molecular formula is C30H33ClF2N6O2S. The Morgan fingerprint density at radius 3 is 2.50 bits per heavy atom. The van der Waals surface area contributed by atoms with Gasteiger partial charge >= 0.3 is 0 Å². The Morgan fingerprint density at radius 1 is 1.00 bits per heavy atom. The second-order valence-corrected chi connectivity index (χ2v) is 11.4. The number of nitrogens with one attached hydrogen (secondary N) is 3. The van der Waals surface area contributed by atoms with Gasteiger partial charge < -0.3 is 24.8 Å². The number of pyridine rings is 1. The first-order chi connectivity index (χ1) is 20.4. The Labute approximate surface area is 253 Å². The number of hydrogen-bond acceptors (Lipinski definition) is 9. The van der Waals surface area contributed by atoms with Crippen LogP contribution < -0.4 is 20.1 Å². The van der Waals surface area contributed by atoms with Crippen molar-refractivity contribution in [3.05, 3.63) is 65.4 Å². The van der Waals surface area contributed by atoms with Crippen LogP contribution in [0.25, 0.3) is 22.0 Å². The van der Waals surface area contributed by atoms with Crippen molar-refractivity contribution >= 4 is 46.1 Å². The van der Waals surface area contributed by atoms with Crippen molar-refractivity contribution in [1.29, 1.82) is 0 Å². The Kier molecular flexibility index (Phi) is 10.3. The molecule has 0 bridgehead atoms. The van der Waals surface area contributed by atoms with Gasteiger partial charge in [0, 0.05) is 23.8 Å². The summed E-state index contributed by atoms with van der Waals surface area (Å²) in [6.07, 6.45) is 9.06. The summed E-state index contributed by atoms with van der Waals surface area (Å²) in [7, 11) is 3.43. The van der Waals surface area contributed by atoms with Gasteiger partial charge in [0.2, 0.25) is 11.8 Å². The van der Waals surface area contributed by atoms with Crippen LogP contribution in [-0.4, -0.2) is 54.4 Å². The highest BCUT2D eigenvalue weighted by Crippen LogP contribution is 2.36. The zero-order valence-corrected chi connectivity index (χ0v) is 25.0. The number of halogens is 3. The van der Waals surface area contributed by atoms with Gasteiger partial charge in [0.15, 0.2) is 5.82 Å². The number of benzene rings is 2. The van der Waals surface area contributed by atoms with Gasteiger partial charge in [-0.1, -0.05) is 36.9 Å². The average Bonchev–Trinajstić information content (AvgIpc) is 2.97. The summed E-state index contributed by atoms with van der Waals surface area (Å²) >= 11 is 7.09. The molecule has 2 aliphatic rings. The van der Waals surface area contributed by atoms with Crippen molar-refractivity contribution in [2.75, 3.05) is 37.4 Å². The van der Waals surface area contributed by atoms with E-state index in [9.17, 15) is 4.39 Å². The third-order valence-corrected chi connectivity index (χ3v) is 8.23. The van der Waals surface area contributed by atoms with Crippen molar-refractivity contribution in [2.24, 2.45) is 0 Å². The molecule has 1 saturated carbocycles. The van der Waals surface area contributed by atoms with E-state index in [0.29, 0.717) is 50.3 Å². The summed E-state index contributed by atoms with van der Waals surface area (Å²) in [5.41, 5.74) is 1.08. The maximum absolute atomic E-state index is 15.5. The van der Waals surface area contributed by atoms with E-state index in [1.165, 1.54) is 44.7 Å². The zero-order valence-electron chi connectivity index (χ0n) is 23.4. The maximum atomic E-state index is 15.5. The molecule has 6 rings (SSSR count). The molecule has 2 fully saturated rings. The van der Waals surface area contributed by atoms with Gasteiger partial charge in [-0.3, -0.25) is 0 Å².